The summed E-state index contributed by atoms with van der Waals surface area (Å²) in [5, 5.41) is 11.3. The van der Waals surface area contributed by atoms with Gasteiger partial charge < -0.3 is 34.1 Å². The summed E-state index contributed by atoms with van der Waals surface area (Å²) in [6.45, 7) is 8.45. The monoisotopic (exact) mass is 573 g/mol. The lowest BCUT2D eigenvalue weighted by Crippen LogP contribution is -2.27. The van der Waals surface area contributed by atoms with Gasteiger partial charge in [0.1, 0.15) is 11.5 Å². The molecule has 0 saturated carbocycles. The first kappa shape index (κ1) is 33.8. The van der Waals surface area contributed by atoms with Crippen molar-refractivity contribution < 1.29 is 38.4 Å². The van der Waals surface area contributed by atoms with Crippen LogP contribution in [0.3, 0.4) is 0 Å². The van der Waals surface area contributed by atoms with Gasteiger partial charge in [-0.3, -0.25) is 14.6 Å². The second-order valence-electron chi connectivity index (χ2n) is 8.89. The minimum absolute atomic E-state index is 0.0126. The Hall–Kier alpha value is -3.38. The molecule has 2 rings (SSSR count). The number of carbonyl (C=O) groups is 2. The first-order valence-corrected chi connectivity index (χ1v) is 14.0. The number of para-hydroxylation sites is 1. The molecule has 0 radical (unpaired) electrons. The average molecular weight is 574 g/mol. The molecule has 0 aliphatic heterocycles. The second kappa shape index (κ2) is 21.4. The molecule has 2 N–H and O–H groups in total. The number of carboxylic acid groups (broad SMARTS) is 1. The maximum absolute atomic E-state index is 12.2. The van der Waals surface area contributed by atoms with Crippen LogP contribution in [0.15, 0.2) is 58.2 Å². The summed E-state index contributed by atoms with van der Waals surface area (Å²) in [7, 11) is 0. The number of ether oxygens (including phenoxy) is 5. The van der Waals surface area contributed by atoms with E-state index in [9.17, 15) is 9.59 Å². The maximum Gasteiger partial charge on any atom is 0.305 e. The van der Waals surface area contributed by atoms with E-state index in [1.807, 2.05) is 56.3 Å². The number of hydrogen-bond donors (Lipinski definition) is 2. The fraction of sp³-hybridized carbons (Fsp3) is 0.533. The number of benzene rings is 1. The lowest BCUT2D eigenvalue weighted by molar-refractivity contribution is -0.138. The molecule has 0 unspecified atom stereocenters. The first-order chi connectivity index (χ1) is 20.0. The van der Waals surface area contributed by atoms with E-state index in [-0.39, 0.29) is 18.9 Å². The molecule has 0 fully saturated rings. The van der Waals surface area contributed by atoms with Gasteiger partial charge in [0.05, 0.1) is 77.3 Å². The highest BCUT2D eigenvalue weighted by molar-refractivity contribution is 6.52. The SMILES string of the molecule is CC/N=C1\C=CC=C(OCCCC(=O)NCCOCCOCCOCCOCCC(=O)O)\C1=N\c1ccccc1C. The molecule has 1 amide bonds. The predicted octanol–water partition coefficient (Wildman–Crippen LogP) is 3.44. The van der Waals surface area contributed by atoms with Crippen LogP contribution in [0.2, 0.25) is 0 Å². The lowest BCUT2D eigenvalue weighted by Gasteiger charge is -2.16. The van der Waals surface area contributed by atoms with Crippen molar-refractivity contribution in [2.45, 2.75) is 33.1 Å². The van der Waals surface area contributed by atoms with Gasteiger partial charge in [0.25, 0.3) is 0 Å². The minimum Gasteiger partial charge on any atom is -0.491 e. The van der Waals surface area contributed by atoms with Crippen molar-refractivity contribution in [3.8, 4) is 0 Å². The Kier molecular flexibility index (Phi) is 17.6. The fourth-order valence-corrected chi connectivity index (χ4v) is 3.53. The zero-order chi connectivity index (χ0) is 29.5. The molecule has 41 heavy (non-hydrogen) atoms. The van der Waals surface area contributed by atoms with Crippen LogP contribution in [-0.2, 0) is 33.3 Å². The van der Waals surface area contributed by atoms with Crippen molar-refractivity contribution in [1.82, 2.24) is 5.32 Å². The van der Waals surface area contributed by atoms with Gasteiger partial charge in [0.2, 0.25) is 5.91 Å². The minimum atomic E-state index is -0.882. The first-order valence-electron chi connectivity index (χ1n) is 14.0. The van der Waals surface area contributed by atoms with E-state index in [1.54, 1.807) is 0 Å². The highest BCUT2D eigenvalue weighted by Gasteiger charge is 2.17. The number of rotatable bonds is 22. The number of carboxylic acids is 1. The molecule has 1 aromatic rings. The van der Waals surface area contributed by atoms with Crippen molar-refractivity contribution in [3.63, 3.8) is 0 Å². The molecule has 11 nitrogen and oxygen atoms in total. The summed E-state index contributed by atoms with van der Waals surface area (Å²) >= 11 is 0. The quantitative estimate of drug-likeness (QED) is 0.159. The van der Waals surface area contributed by atoms with E-state index in [0.717, 1.165) is 17.0 Å². The summed E-state index contributed by atoms with van der Waals surface area (Å²) in [6, 6.07) is 7.92. The number of amides is 1. The smallest absolute Gasteiger partial charge is 0.305 e. The number of nitrogens with zero attached hydrogens (tertiary/aromatic N) is 2. The summed E-state index contributed by atoms with van der Waals surface area (Å²) in [5.41, 5.74) is 3.41. The third kappa shape index (κ3) is 15.3. The van der Waals surface area contributed by atoms with Gasteiger partial charge >= 0.3 is 5.97 Å². The molecule has 0 saturated heterocycles. The number of aryl methyl sites for hydroxylation is 1. The third-order valence-electron chi connectivity index (χ3n) is 5.60. The Balaban J connectivity index is 1.52. The van der Waals surface area contributed by atoms with Crippen molar-refractivity contribution in [1.29, 1.82) is 0 Å². The van der Waals surface area contributed by atoms with Crippen LogP contribution in [0, 0.1) is 6.92 Å². The Labute approximate surface area is 242 Å². The Morgan fingerprint density at radius 1 is 0.878 bits per heavy atom. The molecule has 0 heterocycles. The largest absolute Gasteiger partial charge is 0.491 e. The summed E-state index contributed by atoms with van der Waals surface area (Å²) in [5.74, 6) is -0.294. The van der Waals surface area contributed by atoms with Crippen molar-refractivity contribution in [3.05, 3.63) is 53.8 Å². The molecule has 0 bridgehead atoms. The van der Waals surface area contributed by atoms with E-state index in [4.69, 9.17) is 33.8 Å². The Morgan fingerprint density at radius 2 is 1.54 bits per heavy atom. The number of allylic oxidation sites excluding steroid dienone is 4. The standard InChI is InChI=1S/C30H43N3O8/c1-3-31-26-10-6-11-27(30(26)33-25-9-5-4-8-24(25)2)41-15-7-12-28(34)32-14-17-38-19-21-40-23-22-39-20-18-37-16-13-29(35)36/h4-6,8-11H,3,7,12-23H2,1-2H3,(H,32,34)(H,35,36)/b31-26+,33-30+. The van der Waals surface area contributed by atoms with Crippen LogP contribution in [-0.4, -0.2) is 101 Å². The van der Waals surface area contributed by atoms with Crippen molar-refractivity contribution >= 4 is 29.0 Å². The topological polar surface area (TPSA) is 137 Å². The second-order valence-corrected chi connectivity index (χ2v) is 8.89. The van der Waals surface area contributed by atoms with Gasteiger partial charge in [-0.1, -0.05) is 24.3 Å². The van der Waals surface area contributed by atoms with Gasteiger partial charge in [-0.15, -0.1) is 0 Å². The molecule has 226 valence electrons. The normalized spacial score (nSPS) is 14.8. The molecule has 1 aliphatic rings. The van der Waals surface area contributed by atoms with Gasteiger partial charge in [-0.25, -0.2) is 4.99 Å². The van der Waals surface area contributed by atoms with Gasteiger partial charge in [0.15, 0.2) is 0 Å². The van der Waals surface area contributed by atoms with Crippen LogP contribution in [0.5, 0.6) is 0 Å². The number of aliphatic imine (C=N–C) groups is 2. The fourth-order valence-electron chi connectivity index (χ4n) is 3.53. The number of carbonyl (C=O) groups excluding carboxylic acids is 1. The van der Waals surface area contributed by atoms with E-state index in [2.05, 4.69) is 10.3 Å². The van der Waals surface area contributed by atoms with E-state index in [1.165, 1.54) is 0 Å². The summed E-state index contributed by atoms with van der Waals surface area (Å²) < 4.78 is 27.3. The molecular formula is C30H43N3O8. The Morgan fingerprint density at radius 3 is 2.20 bits per heavy atom. The highest BCUT2D eigenvalue weighted by Crippen LogP contribution is 2.21. The molecule has 0 spiro atoms. The van der Waals surface area contributed by atoms with Gasteiger partial charge in [0, 0.05) is 19.5 Å². The van der Waals surface area contributed by atoms with Crippen LogP contribution in [0.25, 0.3) is 0 Å². The zero-order valence-electron chi connectivity index (χ0n) is 24.1. The van der Waals surface area contributed by atoms with Crippen LogP contribution in [0.4, 0.5) is 5.69 Å². The molecule has 0 atom stereocenters. The van der Waals surface area contributed by atoms with Gasteiger partial charge in [-0.05, 0) is 44.1 Å². The number of hydrogen-bond acceptors (Lipinski definition) is 9. The average Bonchev–Trinajstić information content (AvgIpc) is 2.95. The zero-order valence-corrected chi connectivity index (χ0v) is 24.1. The van der Waals surface area contributed by atoms with Crippen molar-refractivity contribution in [2.24, 2.45) is 9.98 Å². The van der Waals surface area contributed by atoms with Crippen LogP contribution in [0.1, 0.15) is 31.7 Å². The predicted molar refractivity (Wildman–Crippen MR) is 157 cm³/mol. The van der Waals surface area contributed by atoms with E-state index in [0.29, 0.717) is 90.3 Å². The summed E-state index contributed by atoms with van der Waals surface area (Å²) in [6.07, 6.45) is 6.60. The summed E-state index contributed by atoms with van der Waals surface area (Å²) in [4.78, 5) is 31.9. The maximum atomic E-state index is 12.2. The highest BCUT2D eigenvalue weighted by atomic mass is 16.6. The van der Waals surface area contributed by atoms with E-state index < -0.39 is 5.97 Å². The molecule has 11 heteroatoms. The molecular weight excluding hydrogens is 530 g/mol. The van der Waals surface area contributed by atoms with Crippen LogP contribution >= 0.6 is 0 Å². The molecule has 0 aromatic heterocycles. The number of aliphatic carboxylic acids is 1. The molecule has 1 aromatic carbocycles. The number of nitrogens with one attached hydrogen (secondary N) is 1. The lowest BCUT2D eigenvalue weighted by atomic mass is 10.1. The van der Waals surface area contributed by atoms with Crippen molar-refractivity contribution in [2.75, 3.05) is 72.6 Å². The van der Waals surface area contributed by atoms with E-state index >= 15 is 0 Å². The third-order valence-corrected chi connectivity index (χ3v) is 5.60. The van der Waals surface area contributed by atoms with Gasteiger partial charge in [-0.2, -0.15) is 0 Å². The Bertz CT molecular complexity index is 1050. The van der Waals surface area contributed by atoms with Crippen LogP contribution < -0.4 is 5.32 Å². The molecule has 1 aliphatic carbocycles.